The molecule has 10 heteroatoms. The van der Waals surface area contributed by atoms with Crippen LogP contribution in [0.3, 0.4) is 0 Å². The van der Waals surface area contributed by atoms with Gasteiger partial charge in [0.05, 0.1) is 28.2 Å². The van der Waals surface area contributed by atoms with Gasteiger partial charge in [-0.25, -0.2) is 9.97 Å². The number of ether oxygens (including phenoxy) is 1. The Hall–Kier alpha value is -2.16. The number of aryl methyl sites for hydroxylation is 1. The first-order valence-corrected chi connectivity index (χ1v) is 12.6. The summed E-state index contributed by atoms with van der Waals surface area (Å²) in [5.41, 5.74) is 3.58. The number of halogens is 2. The number of benzene rings is 1. The van der Waals surface area contributed by atoms with E-state index in [2.05, 4.69) is 31.8 Å². The second kappa shape index (κ2) is 10.2. The minimum Gasteiger partial charge on any atom is -0.495 e. The predicted molar refractivity (Wildman–Crippen MR) is 132 cm³/mol. The third-order valence-electron chi connectivity index (χ3n) is 5.67. The minimum atomic E-state index is -0.0663. The Bertz CT molecular complexity index is 1140. The normalized spacial score (nSPS) is 15.4. The molecule has 0 spiro atoms. The Labute approximate surface area is 201 Å². The zero-order valence-corrected chi connectivity index (χ0v) is 20.3. The van der Waals surface area contributed by atoms with Crippen LogP contribution >= 0.6 is 35.0 Å². The zero-order valence-electron chi connectivity index (χ0n) is 17.9. The summed E-state index contributed by atoms with van der Waals surface area (Å²) in [6.07, 6.45) is 6.81. The number of aromatic nitrogens is 3. The molecule has 2 heterocycles. The van der Waals surface area contributed by atoms with Gasteiger partial charge in [-0.15, -0.1) is 0 Å². The van der Waals surface area contributed by atoms with Crippen molar-refractivity contribution in [2.45, 2.75) is 25.7 Å². The van der Waals surface area contributed by atoms with E-state index in [0.29, 0.717) is 40.3 Å². The van der Waals surface area contributed by atoms with Crippen molar-refractivity contribution in [3.8, 4) is 5.75 Å². The summed E-state index contributed by atoms with van der Waals surface area (Å²) in [5, 5.41) is 8.11. The third-order valence-corrected chi connectivity index (χ3v) is 7.09. The monoisotopic (exact) mass is 493 g/mol. The predicted octanol–water partition coefficient (Wildman–Crippen LogP) is 4.99. The van der Waals surface area contributed by atoms with Crippen molar-refractivity contribution in [3.63, 3.8) is 0 Å². The van der Waals surface area contributed by atoms with Crippen LogP contribution < -0.4 is 15.4 Å². The lowest BCUT2D eigenvalue weighted by molar-refractivity contribution is -0.125. The number of fused-ring (bicyclic) bond motifs is 3. The van der Waals surface area contributed by atoms with Crippen LogP contribution in [0.5, 0.6) is 5.75 Å². The van der Waals surface area contributed by atoms with Gasteiger partial charge in [0.2, 0.25) is 5.91 Å². The summed E-state index contributed by atoms with van der Waals surface area (Å²) >= 11 is 14.1. The van der Waals surface area contributed by atoms with Gasteiger partial charge >= 0.3 is 0 Å². The van der Waals surface area contributed by atoms with E-state index in [4.69, 9.17) is 27.9 Å². The Kier molecular flexibility index (Phi) is 7.33. The van der Waals surface area contributed by atoms with E-state index in [-0.39, 0.29) is 11.8 Å². The lowest BCUT2D eigenvalue weighted by atomic mass is 9.86. The second-order valence-corrected chi connectivity index (χ2v) is 9.50. The number of nitrogens with zero attached hydrogens (tertiary/aromatic N) is 2. The van der Waals surface area contributed by atoms with Crippen LogP contribution in [0, 0.1) is 5.92 Å². The summed E-state index contributed by atoms with van der Waals surface area (Å²) in [6.45, 7) is 0.712. The van der Waals surface area contributed by atoms with Crippen molar-refractivity contribution in [1.82, 2.24) is 20.3 Å². The molecule has 1 unspecified atom stereocenters. The molecular formula is C22H25Cl2N5O2S. The minimum absolute atomic E-state index is 0.0663. The number of hydrogen-bond acceptors (Lipinski definition) is 6. The first kappa shape index (κ1) is 23.0. The molecule has 0 aliphatic heterocycles. The number of carbonyl (C=O) groups is 1. The average Bonchev–Trinajstić information content (AvgIpc) is 3.17. The highest BCUT2D eigenvalue weighted by Crippen LogP contribution is 2.39. The molecular weight excluding hydrogens is 469 g/mol. The molecule has 3 N–H and O–H groups in total. The molecule has 0 saturated carbocycles. The summed E-state index contributed by atoms with van der Waals surface area (Å²) in [4.78, 5) is 25.0. The van der Waals surface area contributed by atoms with Crippen molar-refractivity contribution in [3.05, 3.63) is 39.8 Å². The van der Waals surface area contributed by atoms with Gasteiger partial charge in [-0.2, -0.15) is 11.8 Å². The van der Waals surface area contributed by atoms with E-state index < -0.39 is 0 Å². The quantitative estimate of drug-likeness (QED) is 0.382. The molecule has 1 atom stereocenters. The first-order valence-electron chi connectivity index (χ1n) is 10.4. The fraction of sp³-hybridized carbons (Fsp3) is 0.409. The number of carbonyl (C=O) groups excluding carboxylic acids is 1. The molecule has 1 amide bonds. The van der Waals surface area contributed by atoms with E-state index in [1.165, 1.54) is 6.33 Å². The smallest absolute Gasteiger partial charge is 0.223 e. The molecule has 0 fully saturated rings. The van der Waals surface area contributed by atoms with Gasteiger partial charge in [-0.1, -0.05) is 23.2 Å². The zero-order chi connectivity index (χ0) is 22.7. The molecule has 0 saturated heterocycles. The van der Waals surface area contributed by atoms with E-state index in [0.717, 1.165) is 47.3 Å². The highest BCUT2D eigenvalue weighted by molar-refractivity contribution is 7.98. The first-order chi connectivity index (χ1) is 15.5. The van der Waals surface area contributed by atoms with Crippen LogP contribution in [0.2, 0.25) is 10.0 Å². The molecule has 0 bridgehead atoms. The van der Waals surface area contributed by atoms with Crippen LogP contribution in [0.15, 0.2) is 18.5 Å². The van der Waals surface area contributed by atoms with Crippen LogP contribution in [0.25, 0.3) is 11.0 Å². The average molecular weight is 494 g/mol. The number of methoxy groups -OCH3 is 1. The SMILES string of the molecule is COc1cc(Cl)c(Cl)cc1Nc1ncnc2[nH]c3c(c12)CC(C(=O)NCCCSC)CC3. The molecule has 1 aliphatic carbocycles. The molecule has 32 heavy (non-hydrogen) atoms. The number of aromatic amines is 1. The molecule has 0 radical (unpaired) electrons. The van der Waals surface area contributed by atoms with Crippen LogP contribution in [0.1, 0.15) is 24.1 Å². The Balaban J connectivity index is 1.62. The van der Waals surface area contributed by atoms with Gasteiger partial charge in [0.25, 0.3) is 0 Å². The maximum Gasteiger partial charge on any atom is 0.223 e. The molecule has 170 valence electrons. The Morgan fingerprint density at radius 2 is 2.12 bits per heavy atom. The van der Waals surface area contributed by atoms with Crippen LogP contribution in [0.4, 0.5) is 11.5 Å². The Morgan fingerprint density at radius 1 is 1.31 bits per heavy atom. The number of thioether (sulfide) groups is 1. The Morgan fingerprint density at radius 3 is 2.91 bits per heavy atom. The lowest BCUT2D eigenvalue weighted by Gasteiger charge is -2.22. The van der Waals surface area contributed by atoms with Gasteiger partial charge in [0.1, 0.15) is 23.5 Å². The summed E-state index contributed by atoms with van der Waals surface area (Å²) in [6, 6.07) is 3.37. The van der Waals surface area contributed by atoms with Crippen molar-refractivity contribution >= 4 is 63.4 Å². The van der Waals surface area contributed by atoms with E-state index in [1.54, 1.807) is 31.0 Å². The molecule has 4 rings (SSSR count). The highest BCUT2D eigenvalue weighted by Gasteiger charge is 2.29. The number of rotatable bonds is 8. The van der Waals surface area contributed by atoms with E-state index in [1.807, 2.05) is 0 Å². The molecule has 1 aliphatic rings. The van der Waals surface area contributed by atoms with Gasteiger partial charge in [0, 0.05) is 24.2 Å². The van der Waals surface area contributed by atoms with E-state index in [9.17, 15) is 4.79 Å². The van der Waals surface area contributed by atoms with Crippen molar-refractivity contribution in [2.75, 3.05) is 31.0 Å². The third kappa shape index (κ3) is 4.77. The highest BCUT2D eigenvalue weighted by atomic mass is 35.5. The van der Waals surface area contributed by atoms with Crippen molar-refractivity contribution in [1.29, 1.82) is 0 Å². The topological polar surface area (TPSA) is 91.9 Å². The molecule has 1 aromatic carbocycles. The lowest BCUT2D eigenvalue weighted by Crippen LogP contribution is -2.34. The molecule has 2 aromatic heterocycles. The fourth-order valence-electron chi connectivity index (χ4n) is 4.05. The summed E-state index contributed by atoms with van der Waals surface area (Å²) in [5.74, 6) is 2.28. The van der Waals surface area contributed by atoms with Gasteiger partial charge in [-0.05, 0) is 49.3 Å². The maximum atomic E-state index is 12.7. The number of nitrogens with one attached hydrogen (secondary N) is 3. The van der Waals surface area contributed by atoms with E-state index >= 15 is 0 Å². The number of hydrogen-bond donors (Lipinski definition) is 3. The standard InChI is InChI=1S/C22H25Cl2N5O2S/c1-31-18-10-15(24)14(23)9-17(18)29-21-19-13-8-12(22(30)25-6-3-7-32-2)4-5-16(13)28-20(19)26-11-27-21/h9-12H,3-8H2,1-2H3,(H,25,30)(H2,26,27,28,29). The molecule has 3 aromatic rings. The summed E-state index contributed by atoms with van der Waals surface area (Å²) in [7, 11) is 1.57. The van der Waals surface area contributed by atoms with Crippen LogP contribution in [-0.4, -0.2) is 46.5 Å². The van der Waals surface area contributed by atoms with Crippen molar-refractivity contribution < 1.29 is 9.53 Å². The number of anilines is 2. The largest absolute Gasteiger partial charge is 0.495 e. The summed E-state index contributed by atoms with van der Waals surface area (Å²) < 4.78 is 5.45. The number of amides is 1. The fourth-order valence-corrected chi connectivity index (χ4v) is 4.81. The van der Waals surface area contributed by atoms with Gasteiger partial charge in [-0.3, -0.25) is 4.79 Å². The number of H-pyrrole nitrogens is 1. The molecule has 7 nitrogen and oxygen atoms in total. The van der Waals surface area contributed by atoms with Crippen LogP contribution in [-0.2, 0) is 17.6 Å². The van der Waals surface area contributed by atoms with Crippen molar-refractivity contribution in [2.24, 2.45) is 5.92 Å². The van der Waals surface area contributed by atoms with Gasteiger partial charge in [0.15, 0.2) is 0 Å². The maximum absolute atomic E-state index is 12.7. The van der Waals surface area contributed by atoms with Gasteiger partial charge < -0.3 is 20.4 Å². The second-order valence-electron chi connectivity index (χ2n) is 7.70.